The number of carbonyl (C=O) groups is 2. The average molecular weight is 312 g/mol. The van der Waals surface area contributed by atoms with Crippen molar-refractivity contribution in [1.82, 2.24) is 20.2 Å². The normalized spacial score (nSPS) is 18.5. The number of H-pyrrole nitrogens is 1. The molecular formula is C13H20N4O5. The van der Waals surface area contributed by atoms with Crippen LogP contribution in [0, 0.1) is 5.92 Å². The molecule has 2 heterocycles. The molecule has 0 aliphatic carbocycles. The van der Waals surface area contributed by atoms with Gasteiger partial charge >= 0.3 is 0 Å². The van der Waals surface area contributed by atoms with Crippen LogP contribution in [0.5, 0.6) is 0 Å². The summed E-state index contributed by atoms with van der Waals surface area (Å²) in [5.74, 6) is -0.0723. The minimum absolute atomic E-state index is 0.176. The summed E-state index contributed by atoms with van der Waals surface area (Å²) in [6.45, 7) is 3.40. The first-order chi connectivity index (χ1) is 10.6. The maximum atomic E-state index is 11.8. The lowest BCUT2D eigenvalue weighted by Gasteiger charge is -2.19. The fraction of sp³-hybridized carbons (Fsp3) is 0.538. The van der Waals surface area contributed by atoms with E-state index in [4.69, 9.17) is 14.6 Å². The molecule has 1 aromatic rings. The smallest absolute Gasteiger partial charge is 0.290 e. The van der Waals surface area contributed by atoms with E-state index < -0.39 is 0 Å². The number of likely N-dealkylation sites (N-methyl/N-ethyl adjacent to an activating group) is 1. The molecule has 1 aliphatic heterocycles. The van der Waals surface area contributed by atoms with E-state index in [9.17, 15) is 9.59 Å². The van der Waals surface area contributed by atoms with E-state index in [2.05, 4.69) is 20.2 Å². The standard InChI is InChI=1S/C12H18N4O3.CH2O2/c1-16-2-3-19-8-9(7-16)4-14-12(18)10-5-13-6-11(17)15-10;2-1-3/h5-6,9H,2-4,7-8H2,1H3,(H,14,18)(H,15,17);1H,(H,2,3). The number of amides is 1. The average Bonchev–Trinajstić information content (AvgIpc) is 2.70. The Morgan fingerprint density at radius 1 is 1.64 bits per heavy atom. The van der Waals surface area contributed by atoms with Crippen molar-refractivity contribution < 1.29 is 19.4 Å². The molecule has 2 rings (SSSR count). The number of nitrogens with zero attached hydrogens (tertiary/aromatic N) is 2. The van der Waals surface area contributed by atoms with Crippen LogP contribution in [-0.4, -0.2) is 72.2 Å². The number of rotatable bonds is 3. The molecule has 9 nitrogen and oxygen atoms in total. The van der Waals surface area contributed by atoms with Gasteiger partial charge in [0.25, 0.3) is 17.9 Å². The molecule has 1 aliphatic rings. The number of aromatic nitrogens is 2. The van der Waals surface area contributed by atoms with E-state index in [1.807, 2.05) is 7.05 Å². The molecule has 0 aromatic carbocycles. The van der Waals surface area contributed by atoms with Gasteiger partial charge in [0.1, 0.15) is 5.69 Å². The van der Waals surface area contributed by atoms with Gasteiger partial charge in [-0.15, -0.1) is 0 Å². The van der Waals surface area contributed by atoms with Crippen LogP contribution in [0.3, 0.4) is 0 Å². The van der Waals surface area contributed by atoms with E-state index in [0.29, 0.717) is 13.2 Å². The van der Waals surface area contributed by atoms with Crippen LogP contribution in [0.15, 0.2) is 17.2 Å². The van der Waals surface area contributed by atoms with Gasteiger partial charge in [-0.3, -0.25) is 19.4 Å². The lowest BCUT2D eigenvalue weighted by atomic mass is 10.1. The largest absolute Gasteiger partial charge is 0.483 e. The third-order valence-corrected chi connectivity index (χ3v) is 2.99. The predicted octanol–water partition coefficient (Wildman–Crippen LogP) is -1.22. The van der Waals surface area contributed by atoms with Crippen molar-refractivity contribution in [3.8, 4) is 0 Å². The Morgan fingerprint density at radius 2 is 2.36 bits per heavy atom. The minimum Gasteiger partial charge on any atom is -0.483 e. The summed E-state index contributed by atoms with van der Waals surface area (Å²) < 4.78 is 5.47. The van der Waals surface area contributed by atoms with Crippen LogP contribution in [0.1, 0.15) is 10.5 Å². The highest BCUT2D eigenvalue weighted by molar-refractivity contribution is 5.91. The second kappa shape index (κ2) is 9.64. The van der Waals surface area contributed by atoms with Crippen LogP contribution in [0.4, 0.5) is 0 Å². The van der Waals surface area contributed by atoms with Crippen LogP contribution in [-0.2, 0) is 9.53 Å². The molecule has 1 amide bonds. The van der Waals surface area contributed by atoms with Gasteiger partial charge in [0.15, 0.2) is 0 Å². The van der Waals surface area contributed by atoms with Crippen molar-refractivity contribution in [3.63, 3.8) is 0 Å². The summed E-state index contributed by atoms with van der Waals surface area (Å²) in [4.78, 5) is 39.6. The monoisotopic (exact) mass is 312 g/mol. The first kappa shape index (κ1) is 17.8. The summed E-state index contributed by atoms with van der Waals surface area (Å²) in [6, 6.07) is 0. The Labute approximate surface area is 127 Å². The predicted molar refractivity (Wildman–Crippen MR) is 77.7 cm³/mol. The van der Waals surface area contributed by atoms with Crippen molar-refractivity contribution in [1.29, 1.82) is 0 Å². The maximum Gasteiger partial charge on any atom is 0.290 e. The van der Waals surface area contributed by atoms with Crippen LogP contribution in [0.25, 0.3) is 0 Å². The second-order valence-electron chi connectivity index (χ2n) is 4.83. The third-order valence-electron chi connectivity index (χ3n) is 2.99. The molecule has 3 N–H and O–H groups in total. The van der Waals surface area contributed by atoms with Gasteiger partial charge in [0, 0.05) is 25.6 Å². The van der Waals surface area contributed by atoms with E-state index in [1.165, 1.54) is 6.20 Å². The molecule has 1 atom stereocenters. The van der Waals surface area contributed by atoms with E-state index >= 15 is 0 Å². The summed E-state index contributed by atoms with van der Waals surface area (Å²) in [5, 5.41) is 9.68. The van der Waals surface area contributed by atoms with Crippen LogP contribution in [0.2, 0.25) is 0 Å². The molecule has 0 saturated carbocycles. The number of carboxylic acid groups (broad SMARTS) is 1. The Bertz CT molecular complexity index is 533. The van der Waals surface area contributed by atoms with Gasteiger partial charge in [-0.25, -0.2) is 0 Å². The fourth-order valence-electron chi connectivity index (χ4n) is 2.00. The van der Waals surface area contributed by atoms with Crippen LogP contribution >= 0.6 is 0 Å². The highest BCUT2D eigenvalue weighted by Gasteiger charge is 2.17. The number of carbonyl (C=O) groups excluding carboxylic acids is 1. The molecule has 9 heteroatoms. The highest BCUT2D eigenvalue weighted by Crippen LogP contribution is 2.04. The molecule has 1 unspecified atom stereocenters. The summed E-state index contributed by atoms with van der Waals surface area (Å²) in [7, 11) is 2.03. The molecule has 22 heavy (non-hydrogen) atoms. The highest BCUT2D eigenvalue weighted by atomic mass is 16.5. The zero-order valence-electron chi connectivity index (χ0n) is 12.3. The zero-order chi connectivity index (χ0) is 16.4. The fourth-order valence-corrected chi connectivity index (χ4v) is 2.00. The van der Waals surface area contributed by atoms with Crippen molar-refractivity contribution in [2.45, 2.75) is 0 Å². The molecule has 1 aromatic heterocycles. The Kier molecular flexibility index (Phi) is 7.79. The van der Waals surface area contributed by atoms with E-state index in [-0.39, 0.29) is 29.6 Å². The Morgan fingerprint density at radius 3 is 3.05 bits per heavy atom. The van der Waals surface area contributed by atoms with Gasteiger partial charge in [-0.05, 0) is 7.05 Å². The summed E-state index contributed by atoms with van der Waals surface area (Å²) >= 11 is 0. The molecule has 0 radical (unpaired) electrons. The number of hydrogen-bond donors (Lipinski definition) is 3. The quantitative estimate of drug-likeness (QED) is 0.597. The van der Waals surface area contributed by atoms with Crippen molar-refractivity contribution in [3.05, 3.63) is 28.4 Å². The van der Waals surface area contributed by atoms with E-state index in [0.717, 1.165) is 25.9 Å². The number of ether oxygens (including phenoxy) is 1. The summed E-state index contributed by atoms with van der Waals surface area (Å²) in [6.07, 6.45) is 2.47. The first-order valence-electron chi connectivity index (χ1n) is 6.73. The number of aromatic amines is 1. The van der Waals surface area contributed by atoms with Crippen LogP contribution < -0.4 is 10.9 Å². The van der Waals surface area contributed by atoms with Gasteiger partial charge in [0.05, 0.1) is 25.6 Å². The minimum atomic E-state index is -0.384. The third kappa shape index (κ3) is 6.46. The number of nitrogens with one attached hydrogen (secondary N) is 2. The van der Waals surface area contributed by atoms with Gasteiger partial charge in [0.2, 0.25) is 0 Å². The lowest BCUT2D eigenvalue weighted by molar-refractivity contribution is -0.122. The zero-order valence-corrected chi connectivity index (χ0v) is 12.3. The molecule has 0 spiro atoms. The van der Waals surface area contributed by atoms with Crippen molar-refractivity contribution in [2.75, 3.05) is 39.9 Å². The summed E-state index contributed by atoms with van der Waals surface area (Å²) in [5.41, 5.74) is -0.208. The molecule has 122 valence electrons. The number of hydrogen-bond acceptors (Lipinski definition) is 6. The van der Waals surface area contributed by atoms with Crippen molar-refractivity contribution in [2.24, 2.45) is 5.92 Å². The maximum absolute atomic E-state index is 11.8. The van der Waals surface area contributed by atoms with Crippen molar-refractivity contribution >= 4 is 12.4 Å². The Hall–Kier alpha value is -2.26. The van der Waals surface area contributed by atoms with E-state index in [1.54, 1.807) is 0 Å². The molecule has 1 saturated heterocycles. The van der Waals surface area contributed by atoms with Gasteiger partial charge < -0.3 is 25.0 Å². The van der Waals surface area contributed by atoms with Gasteiger partial charge in [-0.2, -0.15) is 0 Å². The molecule has 1 fully saturated rings. The Balaban J connectivity index is 0.000000745. The topological polar surface area (TPSA) is 125 Å². The molecule has 0 bridgehead atoms. The van der Waals surface area contributed by atoms with Gasteiger partial charge in [-0.1, -0.05) is 0 Å². The second-order valence-corrected chi connectivity index (χ2v) is 4.83. The SMILES string of the molecule is CN1CCOCC(CNC(=O)c2cncc(=O)[nH]2)C1.O=CO. The lowest BCUT2D eigenvalue weighted by Crippen LogP contribution is -2.36. The first-order valence-corrected chi connectivity index (χ1v) is 6.73. The molecular weight excluding hydrogens is 292 g/mol.